The smallest absolute Gasteiger partial charge is 0.265 e. The van der Waals surface area contributed by atoms with E-state index in [1.54, 1.807) is 32.0 Å². The van der Waals surface area contributed by atoms with Gasteiger partial charge in [-0.1, -0.05) is 19.1 Å². The van der Waals surface area contributed by atoms with E-state index < -0.39 is 26.7 Å². The van der Waals surface area contributed by atoms with Gasteiger partial charge in [0.05, 0.1) is 30.3 Å². The Morgan fingerprint density at radius 3 is 2.61 bits per heavy atom. The maximum Gasteiger partial charge on any atom is 0.265 e. The molecular weight excluding hydrogens is 513 g/mol. The number of hydrogen-bond acceptors (Lipinski definition) is 7. The van der Waals surface area contributed by atoms with Crippen molar-refractivity contribution in [1.29, 1.82) is 0 Å². The van der Waals surface area contributed by atoms with Crippen LogP contribution in [0.25, 0.3) is 22.0 Å². The highest BCUT2D eigenvalue weighted by Crippen LogP contribution is 2.31. The first-order valence-electron chi connectivity index (χ1n) is 11.6. The van der Waals surface area contributed by atoms with E-state index in [0.717, 1.165) is 6.07 Å². The molecule has 0 radical (unpaired) electrons. The molecule has 0 saturated heterocycles. The van der Waals surface area contributed by atoms with E-state index >= 15 is 0 Å². The fraction of sp³-hybridized carbons (Fsp3) is 0.231. The monoisotopic (exact) mass is 539 g/mol. The molecule has 0 fully saturated rings. The van der Waals surface area contributed by atoms with Crippen LogP contribution in [0.5, 0.6) is 5.88 Å². The number of rotatable bonds is 8. The molecule has 0 saturated carbocycles. The molecule has 2 aromatic heterocycles. The topological polar surface area (TPSA) is 132 Å². The minimum Gasteiger partial charge on any atom is -0.480 e. The number of ether oxygens (including phenoxy) is 1. The van der Waals surface area contributed by atoms with Crippen molar-refractivity contribution in [2.75, 3.05) is 18.9 Å². The number of carbonyl (C=O) groups is 1. The van der Waals surface area contributed by atoms with Gasteiger partial charge >= 0.3 is 0 Å². The van der Waals surface area contributed by atoms with Crippen molar-refractivity contribution in [2.24, 2.45) is 5.92 Å². The number of aromatic nitrogens is 3. The van der Waals surface area contributed by atoms with Crippen molar-refractivity contribution in [1.82, 2.24) is 19.9 Å². The van der Waals surface area contributed by atoms with Gasteiger partial charge in [0, 0.05) is 25.4 Å². The highest BCUT2D eigenvalue weighted by molar-refractivity contribution is 7.92. The van der Waals surface area contributed by atoms with Crippen LogP contribution in [0.15, 0.2) is 64.7 Å². The Kier molecular flexibility index (Phi) is 7.44. The summed E-state index contributed by atoms with van der Waals surface area (Å²) in [5, 5.41) is 2.87. The molecule has 2 N–H and O–H groups in total. The third-order valence-electron chi connectivity index (χ3n) is 5.99. The number of anilines is 1. The van der Waals surface area contributed by atoms with Gasteiger partial charge in [0.25, 0.3) is 15.6 Å². The zero-order valence-electron chi connectivity index (χ0n) is 21.1. The summed E-state index contributed by atoms with van der Waals surface area (Å²) in [6.07, 6.45) is 2.86. The molecule has 1 atom stereocenters. The number of aryl methyl sites for hydroxylation is 1. The van der Waals surface area contributed by atoms with Crippen molar-refractivity contribution in [3.8, 4) is 17.0 Å². The number of pyridine rings is 1. The highest BCUT2D eigenvalue weighted by Gasteiger charge is 2.22. The molecule has 1 unspecified atom stereocenters. The Balaban J connectivity index is 1.74. The third-order valence-corrected chi connectivity index (χ3v) is 7.37. The summed E-state index contributed by atoms with van der Waals surface area (Å²) in [5.41, 5.74) is 1.74. The quantitative estimate of drug-likeness (QED) is 0.352. The summed E-state index contributed by atoms with van der Waals surface area (Å²) in [6, 6.07) is 10.3. The van der Waals surface area contributed by atoms with E-state index in [-0.39, 0.29) is 29.6 Å². The van der Waals surface area contributed by atoms with Crippen LogP contribution in [-0.2, 0) is 21.4 Å². The SMILES string of the molecule is CNC(=O)C(C)Cn1cnc2ccc(-c3cnc(OC)c(NS(=O)(=O)c4cc(C)ccc4F)c3)cc2c1=O. The lowest BCUT2D eigenvalue weighted by molar-refractivity contribution is -0.124. The van der Waals surface area contributed by atoms with Gasteiger partial charge in [-0.25, -0.2) is 22.8 Å². The second-order valence-electron chi connectivity index (χ2n) is 8.77. The second-order valence-corrected chi connectivity index (χ2v) is 10.4. The number of nitrogens with zero attached hydrogens (tertiary/aromatic N) is 3. The molecule has 2 aromatic carbocycles. The number of hydrogen-bond donors (Lipinski definition) is 2. The van der Waals surface area contributed by atoms with Crippen molar-refractivity contribution in [3.05, 3.63) is 76.7 Å². The summed E-state index contributed by atoms with van der Waals surface area (Å²) in [6.45, 7) is 3.51. The largest absolute Gasteiger partial charge is 0.480 e. The number of carbonyl (C=O) groups excluding carboxylic acids is 1. The fourth-order valence-corrected chi connectivity index (χ4v) is 5.17. The molecular formula is C26H26FN5O5S. The first kappa shape index (κ1) is 26.7. The average molecular weight is 540 g/mol. The lowest BCUT2D eigenvalue weighted by Crippen LogP contribution is -2.32. The molecule has 12 heteroatoms. The van der Waals surface area contributed by atoms with Crippen LogP contribution in [0, 0.1) is 18.7 Å². The Morgan fingerprint density at radius 1 is 1.13 bits per heavy atom. The fourth-order valence-electron chi connectivity index (χ4n) is 3.96. The van der Waals surface area contributed by atoms with E-state index in [1.807, 2.05) is 0 Å². The van der Waals surface area contributed by atoms with Gasteiger partial charge in [-0.2, -0.15) is 0 Å². The zero-order valence-corrected chi connectivity index (χ0v) is 22.0. The number of sulfonamides is 1. The Hall–Kier alpha value is -4.32. The number of benzene rings is 2. The molecule has 38 heavy (non-hydrogen) atoms. The summed E-state index contributed by atoms with van der Waals surface area (Å²) < 4.78 is 49.3. The van der Waals surface area contributed by atoms with Crippen molar-refractivity contribution >= 4 is 32.5 Å². The van der Waals surface area contributed by atoms with Crippen LogP contribution >= 0.6 is 0 Å². The van der Waals surface area contributed by atoms with Crippen LogP contribution in [0.3, 0.4) is 0 Å². The van der Waals surface area contributed by atoms with Crippen molar-refractivity contribution in [2.45, 2.75) is 25.3 Å². The Labute approximate surface area is 218 Å². The Bertz CT molecular complexity index is 1700. The van der Waals surface area contributed by atoms with E-state index in [0.29, 0.717) is 27.6 Å². The van der Waals surface area contributed by atoms with E-state index in [1.165, 1.54) is 49.4 Å². The van der Waals surface area contributed by atoms with Gasteiger partial charge in [0.2, 0.25) is 11.8 Å². The predicted octanol–water partition coefficient (Wildman–Crippen LogP) is 3.10. The molecule has 4 aromatic rings. The van der Waals surface area contributed by atoms with Crippen molar-refractivity contribution in [3.63, 3.8) is 0 Å². The molecule has 4 rings (SSSR count). The summed E-state index contributed by atoms with van der Waals surface area (Å²) in [5.74, 6) is -1.55. The van der Waals surface area contributed by atoms with E-state index in [2.05, 4.69) is 20.0 Å². The molecule has 10 nitrogen and oxygen atoms in total. The molecule has 0 aliphatic rings. The number of methoxy groups -OCH3 is 1. The lowest BCUT2D eigenvalue weighted by atomic mass is 10.0. The summed E-state index contributed by atoms with van der Waals surface area (Å²) in [4.78, 5) is 33.1. The molecule has 0 bridgehead atoms. The summed E-state index contributed by atoms with van der Waals surface area (Å²) in [7, 11) is -1.45. The van der Waals surface area contributed by atoms with Gasteiger partial charge in [0.1, 0.15) is 16.4 Å². The normalized spacial score (nSPS) is 12.2. The van der Waals surface area contributed by atoms with Gasteiger partial charge in [-0.15, -0.1) is 0 Å². The number of halogens is 1. The van der Waals surface area contributed by atoms with E-state index in [9.17, 15) is 22.4 Å². The lowest BCUT2D eigenvalue weighted by Gasteiger charge is -2.14. The zero-order chi connectivity index (χ0) is 27.6. The number of fused-ring (bicyclic) bond motifs is 1. The van der Waals surface area contributed by atoms with Gasteiger partial charge < -0.3 is 10.1 Å². The second kappa shape index (κ2) is 10.6. The maximum atomic E-state index is 14.3. The number of nitrogens with one attached hydrogen (secondary N) is 2. The first-order valence-corrected chi connectivity index (χ1v) is 13.1. The van der Waals surface area contributed by atoms with E-state index in [4.69, 9.17) is 4.74 Å². The van der Waals surface area contributed by atoms with Crippen LogP contribution in [0.1, 0.15) is 12.5 Å². The van der Waals surface area contributed by atoms with Gasteiger partial charge in [-0.05, 0) is 48.4 Å². The molecule has 0 aliphatic carbocycles. The van der Waals surface area contributed by atoms with Crippen LogP contribution in [-0.4, -0.2) is 43.0 Å². The standard InChI is InChI=1S/C26H26FN5O5S/c1-15-5-7-20(27)23(9-15)38(35,36)31-22-11-18(12-29-25(22)37-4)17-6-8-21-19(10-17)26(34)32(14-30-21)13-16(2)24(33)28-3/h5-12,14,16,31H,13H2,1-4H3,(H,28,33). The highest BCUT2D eigenvalue weighted by atomic mass is 32.2. The molecule has 1 amide bonds. The van der Waals surface area contributed by atoms with Gasteiger partial charge in [0.15, 0.2) is 0 Å². The average Bonchev–Trinajstić information content (AvgIpc) is 2.90. The molecule has 0 spiro atoms. The van der Waals surface area contributed by atoms with Crippen LogP contribution in [0.2, 0.25) is 0 Å². The first-order chi connectivity index (χ1) is 18.0. The molecule has 0 aliphatic heterocycles. The van der Waals surface area contributed by atoms with Gasteiger partial charge in [-0.3, -0.25) is 18.9 Å². The molecule has 198 valence electrons. The van der Waals surface area contributed by atoms with Crippen LogP contribution in [0.4, 0.5) is 10.1 Å². The predicted molar refractivity (Wildman–Crippen MR) is 141 cm³/mol. The maximum absolute atomic E-state index is 14.3. The third kappa shape index (κ3) is 5.35. The van der Waals surface area contributed by atoms with Crippen LogP contribution < -0.4 is 20.3 Å². The number of amides is 1. The Morgan fingerprint density at radius 2 is 1.89 bits per heavy atom. The minimum atomic E-state index is -4.31. The summed E-state index contributed by atoms with van der Waals surface area (Å²) >= 11 is 0. The molecule has 2 heterocycles. The van der Waals surface area contributed by atoms with Crippen molar-refractivity contribution < 1.29 is 22.3 Å². The minimum absolute atomic E-state index is 0.00555.